The summed E-state index contributed by atoms with van der Waals surface area (Å²) >= 11 is 0. The first-order valence-corrected chi connectivity index (χ1v) is 8.32. The molecule has 1 N–H and O–H groups in total. The number of H-pyrrole nitrogens is 1. The molecule has 6 heteroatoms. The summed E-state index contributed by atoms with van der Waals surface area (Å²) in [5.74, 6) is -0.348. The highest BCUT2D eigenvalue weighted by Crippen LogP contribution is 2.16. The van der Waals surface area contributed by atoms with Gasteiger partial charge in [-0.25, -0.2) is 17.9 Å². The molecule has 1 unspecified atom stereocenters. The monoisotopic (exact) mass is 303 g/mol. The van der Waals surface area contributed by atoms with E-state index < -0.39 is 9.73 Å². The molecular formula is C15H14FN3OS. The van der Waals surface area contributed by atoms with Gasteiger partial charge in [0, 0.05) is 11.2 Å². The number of aromatic nitrogens is 2. The Kier molecular flexibility index (Phi) is 3.47. The van der Waals surface area contributed by atoms with E-state index in [0.29, 0.717) is 11.4 Å². The maximum atomic E-state index is 12.9. The number of hydrogen-bond donors (Lipinski definition) is 1. The van der Waals surface area contributed by atoms with E-state index in [9.17, 15) is 8.60 Å². The molecule has 0 aliphatic heterocycles. The molecule has 0 saturated carbocycles. The molecule has 21 heavy (non-hydrogen) atoms. The molecule has 1 atom stereocenters. The predicted molar refractivity (Wildman–Crippen MR) is 81.0 cm³/mol. The Hall–Kier alpha value is -2.21. The summed E-state index contributed by atoms with van der Waals surface area (Å²) in [4.78, 5) is 7.71. The first kappa shape index (κ1) is 13.8. The summed E-state index contributed by atoms with van der Waals surface area (Å²) in [5, 5.41) is 0. The quantitative estimate of drug-likeness (QED) is 0.806. The lowest BCUT2D eigenvalue weighted by molar-refractivity contribution is 0.626. The molecular weight excluding hydrogens is 289 g/mol. The molecule has 4 nitrogen and oxygen atoms in total. The number of nitrogens with one attached hydrogen (secondary N) is 1. The standard InChI is InChI=1S/C15H14FN3OS/c1-21(20,13-5-3-12(16)4-6-13)19-9-11-2-7-14-15(8-11)18-10-17-14/h2-8,10H,9H2,1H3,(H,17,18). The molecule has 3 rings (SSSR count). The second kappa shape index (κ2) is 5.29. The van der Waals surface area contributed by atoms with Gasteiger partial charge in [-0.05, 0) is 42.0 Å². The Balaban J connectivity index is 1.89. The Morgan fingerprint density at radius 3 is 2.76 bits per heavy atom. The Bertz CT molecular complexity index is 893. The molecule has 0 radical (unpaired) electrons. The minimum absolute atomic E-state index is 0.335. The first-order valence-electron chi connectivity index (χ1n) is 6.40. The van der Waals surface area contributed by atoms with Crippen LogP contribution in [-0.4, -0.2) is 20.4 Å². The molecule has 1 aromatic heterocycles. The lowest BCUT2D eigenvalue weighted by Gasteiger charge is -2.05. The van der Waals surface area contributed by atoms with Crippen LogP contribution in [0.3, 0.4) is 0 Å². The van der Waals surface area contributed by atoms with E-state index in [0.717, 1.165) is 16.6 Å². The van der Waals surface area contributed by atoms with Gasteiger partial charge < -0.3 is 4.98 Å². The van der Waals surface area contributed by atoms with Crippen LogP contribution in [0.25, 0.3) is 11.0 Å². The maximum Gasteiger partial charge on any atom is 0.123 e. The van der Waals surface area contributed by atoms with E-state index in [1.807, 2.05) is 18.2 Å². The molecule has 3 aromatic rings. The van der Waals surface area contributed by atoms with Crippen molar-refractivity contribution in [1.82, 2.24) is 9.97 Å². The van der Waals surface area contributed by atoms with Crippen LogP contribution >= 0.6 is 0 Å². The Morgan fingerprint density at radius 1 is 1.24 bits per heavy atom. The van der Waals surface area contributed by atoms with Gasteiger partial charge in [-0.15, -0.1) is 0 Å². The third-order valence-corrected chi connectivity index (χ3v) is 5.00. The number of halogens is 1. The largest absolute Gasteiger partial charge is 0.345 e. The fourth-order valence-corrected chi connectivity index (χ4v) is 3.23. The van der Waals surface area contributed by atoms with Crippen molar-refractivity contribution < 1.29 is 8.60 Å². The van der Waals surface area contributed by atoms with Crippen molar-refractivity contribution in [3.8, 4) is 0 Å². The van der Waals surface area contributed by atoms with Gasteiger partial charge in [0.1, 0.15) is 5.82 Å². The smallest absolute Gasteiger partial charge is 0.123 e. The van der Waals surface area contributed by atoms with Crippen molar-refractivity contribution in [3.05, 3.63) is 60.2 Å². The van der Waals surface area contributed by atoms with E-state index in [4.69, 9.17) is 0 Å². The van der Waals surface area contributed by atoms with Crippen molar-refractivity contribution >= 4 is 20.8 Å². The van der Waals surface area contributed by atoms with Gasteiger partial charge in [0.05, 0.1) is 33.6 Å². The summed E-state index contributed by atoms with van der Waals surface area (Å²) in [6, 6.07) is 11.4. The molecule has 0 saturated heterocycles. The minimum Gasteiger partial charge on any atom is -0.345 e. The van der Waals surface area contributed by atoms with E-state index >= 15 is 0 Å². The van der Waals surface area contributed by atoms with Gasteiger partial charge in [0.15, 0.2) is 0 Å². The van der Waals surface area contributed by atoms with Crippen molar-refractivity contribution in [1.29, 1.82) is 0 Å². The Labute approximate surface area is 122 Å². The average molecular weight is 303 g/mol. The van der Waals surface area contributed by atoms with E-state index in [-0.39, 0.29) is 5.82 Å². The van der Waals surface area contributed by atoms with Crippen molar-refractivity contribution in [3.63, 3.8) is 0 Å². The third kappa shape index (κ3) is 2.95. The molecule has 0 amide bonds. The van der Waals surface area contributed by atoms with Gasteiger partial charge in [0.25, 0.3) is 0 Å². The van der Waals surface area contributed by atoms with Crippen LogP contribution in [0.1, 0.15) is 5.56 Å². The molecule has 2 aromatic carbocycles. The molecule has 0 bridgehead atoms. The highest BCUT2D eigenvalue weighted by Gasteiger charge is 2.06. The number of nitrogens with zero attached hydrogens (tertiary/aromatic N) is 2. The topological polar surface area (TPSA) is 58.1 Å². The lowest BCUT2D eigenvalue weighted by Crippen LogP contribution is -1.98. The van der Waals surface area contributed by atoms with Crippen LogP contribution < -0.4 is 0 Å². The highest BCUT2D eigenvalue weighted by molar-refractivity contribution is 7.93. The predicted octanol–water partition coefficient (Wildman–Crippen LogP) is 3.36. The number of rotatable bonds is 3. The molecule has 0 spiro atoms. The lowest BCUT2D eigenvalue weighted by atomic mass is 10.2. The van der Waals surface area contributed by atoms with Gasteiger partial charge in [-0.2, -0.15) is 0 Å². The maximum absolute atomic E-state index is 12.9. The summed E-state index contributed by atoms with van der Waals surface area (Å²) in [6.07, 6.45) is 3.20. The van der Waals surface area contributed by atoms with Crippen LogP contribution in [0, 0.1) is 5.82 Å². The van der Waals surface area contributed by atoms with Crippen LogP contribution in [0.15, 0.2) is 58.1 Å². The average Bonchev–Trinajstić information content (AvgIpc) is 2.93. The van der Waals surface area contributed by atoms with Crippen LogP contribution in [0.2, 0.25) is 0 Å². The van der Waals surface area contributed by atoms with Gasteiger partial charge >= 0.3 is 0 Å². The fourth-order valence-electron chi connectivity index (χ4n) is 2.04. The minimum atomic E-state index is -2.53. The number of imidazole rings is 1. The zero-order chi connectivity index (χ0) is 14.9. The van der Waals surface area contributed by atoms with Crippen molar-refractivity contribution in [2.45, 2.75) is 11.4 Å². The van der Waals surface area contributed by atoms with Crippen molar-refractivity contribution in [2.75, 3.05) is 6.26 Å². The van der Waals surface area contributed by atoms with Gasteiger partial charge in [0.2, 0.25) is 0 Å². The molecule has 0 aliphatic carbocycles. The molecule has 0 aliphatic rings. The van der Waals surface area contributed by atoms with E-state index in [2.05, 4.69) is 14.3 Å². The number of aromatic amines is 1. The summed E-state index contributed by atoms with van der Waals surface area (Å²) in [7, 11) is -2.53. The van der Waals surface area contributed by atoms with E-state index in [1.54, 1.807) is 12.6 Å². The second-order valence-electron chi connectivity index (χ2n) is 4.80. The molecule has 108 valence electrons. The fraction of sp³-hybridized carbons (Fsp3) is 0.133. The number of benzene rings is 2. The molecule has 0 fully saturated rings. The zero-order valence-electron chi connectivity index (χ0n) is 11.4. The summed E-state index contributed by atoms with van der Waals surface area (Å²) < 4.78 is 29.8. The van der Waals surface area contributed by atoms with Crippen LogP contribution in [0.4, 0.5) is 4.39 Å². The Morgan fingerprint density at radius 2 is 2.00 bits per heavy atom. The zero-order valence-corrected chi connectivity index (χ0v) is 12.2. The molecule has 1 heterocycles. The summed E-state index contributed by atoms with van der Waals surface area (Å²) in [6.45, 7) is 0.335. The summed E-state index contributed by atoms with van der Waals surface area (Å²) in [5.41, 5.74) is 2.75. The normalized spacial score (nSPS) is 14.0. The van der Waals surface area contributed by atoms with Crippen molar-refractivity contribution in [2.24, 2.45) is 4.36 Å². The SMILES string of the molecule is CS(=O)(=NCc1ccc2nc[nH]c2c1)c1ccc(F)cc1. The van der Waals surface area contributed by atoms with Crippen LogP contribution in [0.5, 0.6) is 0 Å². The van der Waals surface area contributed by atoms with Gasteiger partial charge in [-0.1, -0.05) is 6.07 Å². The van der Waals surface area contributed by atoms with E-state index in [1.165, 1.54) is 24.3 Å². The second-order valence-corrected chi connectivity index (χ2v) is 7.13. The number of fused-ring (bicyclic) bond motifs is 1. The highest BCUT2D eigenvalue weighted by atomic mass is 32.2. The first-order chi connectivity index (χ1) is 10.0. The third-order valence-electron chi connectivity index (χ3n) is 3.23. The number of hydrogen-bond acceptors (Lipinski definition) is 3. The van der Waals surface area contributed by atoms with Crippen LogP contribution in [-0.2, 0) is 16.3 Å². The van der Waals surface area contributed by atoms with Gasteiger partial charge in [-0.3, -0.25) is 0 Å².